The zero-order valence-corrected chi connectivity index (χ0v) is 17.5. The van der Waals surface area contributed by atoms with Crippen molar-refractivity contribution >= 4 is 18.0 Å². The molecule has 0 aromatic heterocycles. The van der Waals surface area contributed by atoms with Gasteiger partial charge in [0.2, 0.25) is 5.91 Å². The maximum Gasteiger partial charge on any atom is 0.407 e. The third-order valence-electron chi connectivity index (χ3n) is 6.02. The molecular weight excluding hydrogens is 408 g/mol. The lowest BCUT2D eigenvalue weighted by molar-refractivity contribution is -0.144. The van der Waals surface area contributed by atoms with Crippen LogP contribution < -0.4 is 5.32 Å². The van der Waals surface area contributed by atoms with Crippen LogP contribution in [0.2, 0.25) is 0 Å². The lowest BCUT2D eigenvalue weighted by Crippen LogP contribution is -2.44. The predicted octanol–water partition coefficient (Wildman–Crippen LogP) is 2.99. The van der Waals surface area contributed by atoms with Gasteiger partial charge >= 0.3 is 12.1 Å². The van der Waals surface area contributed by atoms with Crippen LogP contribution >= 0.6 is 0 Å². The molecule has 0 atom stereocenters. The van der Waals surface area contributed by atoms with Crippen LogP contribution in [-0.4, -0.2) is 53.2 Å². The minimum absolute atomic E-state index is 0.00778. The Labute approximate surface area is 186 Å². The van der Waals surface area contributed by atoms with Crippen molar-refractivity contribution in [3.63, 3.8) is 0 Å². The highest BCUT2D eigenvalue weighted by Gasteiger charge is 2.47. The van der Waals surface area contributed by atoms with Crippen LogP contribution in [0.3, 0.4) is 0 Å². The monoisotopic (exact) mass is 432 g/mol. The molecule has 2 N–H and O–H groups in total. The van der Waals surface area contributed by atoms with Crippen molar-refractivity contribution in [1.82, 2.24) is 10.2 Å². The van der Waals surface area contributed by atoms with Crippen molar-refractivity contribution in [3.8, 4) is 23.5 Å². The molecule has 0 aliphatic heterocycles. The molecule has 2 aliphatic carbocycles. The molecule has 2 aliphatic rings. The van der Waals surface area contributed by atoms with Crippen molar-refractivity contribution in [3.05, 3.63) is 59.7 Å². The molecule has 164 valence electrons. The molecule has 1 fully saturated rings. The second-order valence-electron chi connectivity index (χ2n) is 8.26. The number of ether oxygens (including phenoxy) is 1. The van der Waals surface area contributed by atoms with Gasteiger partial charge in [0.1, 0.15) is 13.2 Å². The highest BCUT2D eigenvalue weighted by atomic mass is 16.5. The van der Waals surface area contributed by atoms with E-state index in [9.17, 15) is 14.4 Å². The number of aliphatic carboxylic acids is 1. The van der Waals surface area contributed by atoms with Crippen molar-refractivity contribution in [2.45, 2.75) is 30.7 Å². The molecule has 2 amide bonds. The number of carboxylic acid groups (broad SMARTS) is 1. The van der Waals surface area contributed by atoms with Crippen molar-refractivity contribution < 1.29 is 24.2 Å². The first-order chi connectivity index (χ1) is 15.4. The van der Waals surface area contributed by atoms with Crippen molar-refractivity contribution in [2.24, 2.45) is 0 Å². The van der Waals surface area contributed by atoms with Crippen LogP contribution in [-0.2, 0) is 14.3 Å². The van der Waals surface area contributed by atoms with E-state index in [1.165, 1.54) is 0 Å². The quantitative estimate of drug-likeness (QED) is 0.626. The highest BCUT2D eigenvalue weighted by Crippen LogP contribution is 2.44. The first-order valence-electron chi connectivity index (χ1n) is 10.5. The molecule has 0 heterocycles. The second-order valence-corrected chi connectivity index (χ2v) is 8.26. The van der Waals surface area contributed by atoms with Crippen molar-refractivity contribution in [1.29, 1.82) is 0 Å². The van der Waals surface area contributed by atoms with Gasteiger partial charge in [0, 0.05) is 5.92 Å². The summed E-state index contributed by atoms with van der Waals surface area (Å²) in [6.07, 6.45) is 5.90. The predicted molar refractivity (Wildman–Crippen MR) is 118 cm³/mol. The number of hydrogen-bond acceptors (Lipinski definition) is 4. The Bertz CT molecular complexity index is 1050. The molecule has 2 aromatic rings. The van der Waals surface area contributed by atoms with E-state index in [-0.39, 0.29) is 25.5 Å². The summed E-state index contributed by atoms with van der Waals surface area (Å²) in [4.78, 5) is 37.2. The summed E-state index contributed by atoms with van der Waals surface area (Å²) in [5.74, 6) is 0.712. The van der Waals surface area contributed by atoms with Crippen LogP contribution in [0.5, 0.6) is 0 Å². The fraction of sp³-hybridized carbons (Fsp3) is 0.320. The molecule has 0 saturated heterocycles. The average Bonchev–Trinajstić information content (AvgIpc) is 3.44. The number of rotatable bonds is 8. The smallest absolute Gasteiger partial charge is 0.407 e. The van der Waals surface area contributed by atoms with Gasteiger partial charge in [-0.05, 0) is 35.1 Å². The fourth-order valence-corrected chi connectivity index (χ4v) is 4.25. The lowest BCUT2D eigenvalue weighted by atomic mass is 9.98. The summed E-state index contributed by atoms with van der Waals surface area (Å²) < 4.78 is 5.57. The normalized spacial score (nSPS) is 15.1. The van der Waals surface area contributed by atoms with Gasteiger partial charge in [0.15, 0.2) is 0 Å². The van der Waals surface area contributed by atoms with E-state index < -0.39 is 30.1 Å². The molecule has 0 radical (unpaired) electrons. The number of nitrogens with zero attached hydrogens (tertiary/aromatic N) is 1. The van der Waals surface area contributed by atoms with Gasteiger partial charge in [-0.15, -0.1) is 6.42 Å². The van der Waals surface area contributed by atoms with E-state index in [0.717, 1.165) is 27.2 Å². The van der Waals surface area contributed by atoms with E-state index in [1.807, 2.05) is 36.4 Å². The number of alkyl carbamates (subject to hydrolysis) is 1. The summed E-state index contributed by atoms with van der Waals surface area (Å²) in [7, 11) is 0. The first-order valence-corrected chi connectivity index (χ1v) is 10.5. The molecular formula is C25H24N2O5. The summed E-state index contributed by atoms with van der Waals surface area (Å²) in [5, 5.41) is 11.8. The Hall–Kier alpha value is -3.79. The van der Waals surface area contributed by atoms with E-state index in [1.54, 1.807) is 0 Å². The minimum Gasteiger partial charge on any atom is -0.480 e. The molecule has 32 heavy (non-hydrogen) atoms. The van der Waals surface area contributed by atoms with Gasteiger partial charge in [0.05, 0.1) is 18.5 Å². The Morgan fingerprint density at radius 3 is 2.22 bits per heavy atom. The zero-order chi connectivity index (χ0) is 22.7. The van der Waals surface area contributed by atoms with E-state index in [0.29, 0.717) is 12.8 Å². The standard InChI is InChI=1S/C25H24N2O5/c1-2-13-27(15-23(29)30)22(28)14-25(11-12-25)26-24(31)32-16-21-19-9-5-3-7-17(19)18-8-4-6-10-20(18)21/h1,3-10,21H,11-16H2,(H,26,31)(H,29,30). The van der Waals surface area contributed by atoms with Crippen LogP contribution in [0.15, 0.2) is 48.5 Å². The first kappa shape index (κ1) is 21.4. The van der Waals surface area contributed by atoms with Gasteiger partial charge in [-0.3, -0.25) is 9.59 Å². The number of amides is 2. The van der Waals surface area contributed by atoms with Gasteiger partial charge in [-0.1, -0.05) is 54.5 Å². The molecule has 0 unspecified atom stereocenters. The summed E-state index contributed by atoms with van der Waals surface area (Å²) in [6, 6.07) is 16.2. The molecule has 1 saturated carbocycles. The largest absolute Gasteiger partial charge is 0.480 e. The van der Waals surface area contributed by atoms with E-state index in [4.69, 9.17) is 16.3 Å². The average molecular weight is 432 g/mol. The minimum atomic E-state index is -1.14. The summed E-state index contributed by atoms with van der Waals surface area (Å²) in [6.45, 7) is -0.373. The number of terminal acetylenes is 1. The zero-order valence-electron chi connectivity index (χ0n) is 17.5. The van der Waals surface area contributed by atoms with Crippen LogP contribution in [0.1, 0.15) is 36.3 Å². The molecule has 7 heteroatoms. The van der Waals surface area contributed by atoms with Crippen LogP contribution in [0.4, 0.5) is 4.79 Å². The van der Waals surface area contributed by atoms with Crippen LogP contribution in [0.25, 0.3) is 11.1 Å². The number of carboxylic acids is 1. The van der Waals surface area contributed by atoms with E-state index >= 15 is 0 Å². The Morgan fingerprint density at radius 2 is 1.69 bits per heavy atom. The molecule has 2 aromatic carbocycles. The van der Waals surface area contributed by atoms with Gasteiger partial charge < -0.3 is 20.1 Å². The molecule has 7 nitrogen and oxygen atoms in total. The number of hydrogen-bond donors (Lipinski definition) is 2. The van der Waals surface area contributed by atoms with Gasteiger partial charge in [0.25, 0.3) is 0 Å². The van der Waals surface area contributed by atoms with Gasteiger partial charge in [-0.25, -0.2) is 4.79 Å². The number of benzene rings is 2. The topological polar surface area (TPSA) is 95.9 Å². The van der Waals surface area contributed by atoms with Crippen LogP contribution in [0, 0.1) is 12.3 Å². The van der Waals surface area contributed by atoms with E-state index in [2.05, 4.69) is 23.4 Å². The molecule has 4 rings (SSSR count). The third-order valence-corrected chi connectivity index (χ3v) is 6.02. The fourth-order valence-electron chi connectivity index (χ4n) is 4.25. The third kappa shape index (κ3) is 4.45. The van der Waals surface area contributed by atoms with Crippen molar-refractivity contribution in [2.75, 3.05) is 19.7 Å². The Morgan fingerprint density at radius 1 is 1.09 bits per heavy atom. The lowest BCUT2D eigenvalue weighted by Gasteiger charge is -2.23. The highest BCUT2D eigenvalue weighted by molar-refractivity contribution is 5.84. The number of carbonyl (C=O) groups is 3. The summed E-state index contributed by atoms with van der Waals surface area (Å²) >= 11 is 0. The Kier molecular flexibility index (Phi) is 5.87. The number of carbonyl (C=O) groups excluding carboxylic acids is 2. The molecule has 0 bridgehead atoms. The maximum absolute atomic E-state index is 12.5. The number of fused-ring (bicyclic) bond motifs is 3. The summed E-state index contributed by atoms with van der Waals surface area (Å²) in [5.41, 5.74) is 3.83. The maximum atomic E-state index is 12.5. The van der Waals surface area contributed by atoms with Gasteiger partial charge in [-0.2, -0.15) is 0 Å². The SMILES string of the molecule is C#CCN(CC(=O)O)C(=O)CC1(NC(=O)OCC2c3ccccc3-c3ccccc32)CC1. The second kappa shape index (κ2) is 8.75. The molecule has 0 spiro atoms. The number of nitrogens with one attached hydrogen (secondary N) is 1. The Balaban J connectivity index is 1.37.